The quantitative estimate of drug-likeness (QED) is 0.575. The van der Waals surface area contributed by atoms with Crippen LogP contribution in [-0.2, 0) is 17.4 Å². The second-order valence-electron chi connectivity index (χ2n) is 7.64. The molecule has 1 fully saturated rings. The predicted octanol–water partition coefficient (Wildman–Crippen LogP) is 3.80. The average molecular weight is 477 g/mol. The highest BCUT2D eigenvalue weighted by Gasteiger charge is 2.31. The number of anilines is 1. The molecule has 1 saturated heterocycles. The number of amides is 1. The van der Waals surface area contributed by atoms with Gasteiger partial charge < -0.3 is 9.80 Å². The van der Waals surface area contributed by atoms with E-state index in [9.17, 15) is 22.8 Å². The van der Waals surface area contributed by atoms with Crippen molar-refractivity contribution in [3.8, 4) is 5.69 Å². The van der Waals surface area contributed by atoms with Crippen molar-refractivity contribution in [3.63, 3.8) is 0 Å². The molecule has 1 aromatic heterocycles. The topological polar surface area (TPSA) is 58.4 Å². The van der Waals surface area contributed by atoms with Crippen molar-refractivity contribution in [3.05, 3.63) is 87.3 Å². The van der Waals surface area contributed by atoms with Gasteiger partial charge in [0.15, 0.2) is 0 Å². The zero-order valence-electron chi connectivity index (χ0n) is 17.4. The van der Waals surface area contributed by atoms with Crippen LogP contribution in [0, 0.1) is 0 Å². The van der Waals surface area contributed by atoms with Gasteiger partial charge in [-0.2, -0.15) is 23.0 Å². The molecule has 0 unspecified atom stereocenters. The van der Waals surface area contributed by atoms with Crippen LogP contribution < -0.4 is 10.5 Å². The van der Waals surface area contributed by atoms with Crippen LogP contribution in [0.25, 0.3) is 5.69 Å². The van der Waals surface area contributed by atoms with E-state index in [4.69, 9.17) is 11.6 Å². The first-order chi connectivity index (χ1) is 15.7. The summed E-state index contributed by atoms with van der Waals surface area (Å²) in [4.78, 5) is 28.8. The third-order valence-electron chi connectivity index (χ3n) is 5.48. The smallest absolute Gasteiger partial charge is 0.365 e. The van der Waals surface area contributed by atoms with Crippen LogP contribution in [0.5, 0.6) is 0 Å². The third kappa shape index (κ3) is 5.03. The first-order valence-corrected chi connectivity index (χ1v) is 10.6. The van der Waals surface area contributed by atoms with Crippen molar-refractivity contribution in [2.45, 2.75) is 12.6 Å². The minimum Gasteiger partial charge on any atom is -0.365 e. The minimum atomic E-state index is -4.45. The van der Waals surface area contributed by atoms with Crippen molar-refractivity contribution >= 4 is 23.2 Å². The molecule has 0 saturated carbocycles. The number of carbonyl (C=O) groups excluding carboxylic acids is 1. The van der Waals surface area contributed by atoms with Gasteiger partial charge in [0.1, 0.15) is 5.02 Å². The van der Waals surface area contributed by atoms with Gasteiger partial charge in [-0.25, -0.2) is 0 Å². The molecule has 0 bridgehead atoms. The summed E-state index contributed by atoms with van der Waals surface area (Å²) < 4.78 is 39.9. The zero-order valence-corrected chi connectivity index (χ0v) is 18.2. The van der Waals surface area contributed by atoms with Gasteiger partial charge in [0.2, 0.25) is 5.91 Å². The maximum atomic E-state index is 12.9. The SMILES string of the molecule is O=C(Cc1cccc(C(F)(F)F)c1)N1CCN(c2cnn(-c3ccccc3)c(=O)c2Cl)CC1. The van der Waals surface area contributed by atoms with Crippen LogP contribution in [0.3, 0.4) is 0 Å². The summed E-state index contributed by atoms with van der Waals surface area (Å²) in [6.07, 6.45) is -3.04. The Hall–Kier alpha value is -3.33. The third-order valence-corrected chi connectivity index (χ3v) is 5.84. The zero-order chi connectivity index (χ0) is 23.6. The van der Waals surface area contributed by atoms with Gasteiger partial charge in [-0.15, -0.1) is 0 Å². The molecule has 172 valence electrons. The van der Waals surface area contributed by atoms with Crippen molar-refractivity contribution in [1.29, 1.82) is 0 Å². The lowest BCUT2D eigenvalue weighted by Crippen LogP contribution is -2.49. The molecule has 6 nitrogen and oxygen atoms in total. The van der Waals surface area contributed by atoms with Gasteiger partial charge in [0.25, 0.3) is 5.56 Å². The van der Waals surface area contributed by atoms with Crippen LogP contribution in [0.15, 0.2) is 65.6 Å². The lowest BCUT2D eigenvalue weighted by atomic mass is 10.1. The van der Waals surface area contributed by atoms with Crippen LogP contribution >= 0.6 is 11.6 Å². The Morgan fingerprint density at radius 3 is 2.36 bits per heavy atom. The largest absolute Gasteiger partial charge is 0.416 e. The molecule has 3 aromatic rings. The molecule has 0 radical (unpaired) electrons. The predicted molar refractivity (Wildman–Crippen MR) is 119 cm³/mol. The van der Waals surface area contributed by atoms with Crippen molar-refractivity contribution < 1.29 is 18.0 Å². The van der Waals surface area contributed by atoms with E-state index >= 15 is 0 Å². The molecule has 1 amide bonds. The number of hydrogen-bond donors (Lipinski definition) is 0. The van der Waals surface area contributed by atoms with Crippen LogP contribution in [0.2, 0.25) is 5.02 Å². The van der Waals surface area contributed by atoms with E-state index < -0.39 is 17.3 Å². The van der Waals surface area contributed by atoms with Gasteiger partial charge in [0.05, 0.1) is 29.6 Å². The maximum Gasteiger partial charge on any atom is 0.416 e. The summed E-state index contributed by atoms with van der Waals surface area (Å²) in [6, 6.07) is 13.7. The molecule has 33 heavy (non-hydrogen) atoms. The number of aromatic nitrogens is 2. The Bertz CT molecular complexity index is 1210. The lowest BCUT2D eigenvalue weighted by Gasteiger charge is -2.36. The van der Waals surface area contributed by atoms with Crippen LogP contribution in [-0.4, -0.2) is 46.8 Å². The van der Waals surface area contributed by atoms with Gasteiger partial charge in [0, 0.05) is 26.2 Å². The Labute approximate surface area is 192 Å². The van der Waals surface area contributed by atoms with E-state index in [2.05, 4.69) is 5.10 Å². The monoisotopic (exact) mass is 476 g/mol. The number of benzene rings is 2. The highest BCUT2D eigenvalue weighted by atomic mass is 35.5. The molecule has 4 rings (SSSR count). The standard InChI is InChI=1S/C23H20ClF3N4O2/c24-21-19(15-28-31(22(21)33)18-7-2-1-3-8-18)29-9-11-30(12-10-29)20(32)14-16-5-4-6-17(13-16)23(25,26)27/h1-8,13,15H,9-12,14H2. The summed E-state index contributed by atoms with van der Waals surface area (Å²) in [5, 5.41) is 4.27. The normalized spacial score (nSPS) is 14.4. The molecule has 0 spiro atoms. The summed E-state index contributed by atoms with van der Waals surface area (Å²) in [5.74, 6) is -0.252. The van der Waals surface area contributed by atoms with Crippen molar-refractivity contribution in [2.75, 3.05) is 31.1 Å². The van der Waals surface area contributed by atoms with Crippen LogP contribution in [0.4, 0.5) is 18.9 Å². The van der Waals surface area contributed by atoms with Crippen LogP contribution in [0.1, 0.15) is 11.1 Å². The molecule has 0 aliphatic carbocycles. The van der Waals surface area contributed by atoms with Gasteiger partial charge in [-0.05, 0) is 23.8 Å². The molecular weight excluding hydrogens is 457 g/mol. The van der Waals surface area contributed by atoms with E-state index in [1.165, 1.54) is 23.0 Å². The second-order valence-corrected chi connectivity index (χ2v) is 8.02. The summed E-state index contributed by atoms with van der Waals surface area (Å²) in [6.45, 7) is 1.56. The Morgan fingerprint density at radius 2 is 1.70 bits per heavy atom. The highest BCUT2D eigenvalue weighted by Crippen LogP contribution is 2.30. The number of para-hydroxylation sites is 1. The first kappa shape index (κ1) is 22.8. The van der Waals surface area contributed by atoms with E-state index in [-0.39, 0.29) is 17.4 Å². The number of halogens is 4. The average Bonchev–Trinajstić information content (AvgIpc) is 2.81. The maximum absolute atomic E-state index is 12.9. The lowest BCUT2D eigenvalue weighted by molar-refractivity contribution is -0.138. The fourth-order valence-corrected chi connectivity index (χ4v) is 3.99. The molecule has 0 atom stereocenters. The Balaban J connectivity index is 1.41. The van der Waals surface area contributed by atoms with E-state index in [1.54, 1.807) is 29.2 Å². The Kier molecular flexibility index (Phi) is 6.42. The van der Waals surface area contributed by atoms with Gasteiger partial charge in [-0.3, -0.25) is 9.59 Å². The van der Waals surface area contributed by atoms with E-state index in [0.717, 1.165) is 12.1 Å². The molecule has 0 N–H and O–H groups in total. The molecule has 1 aliphatic heterocycles. The van der Waals surface area contributed by atoms with Gasteiger partial charge in [-0.1, -0.05) is 48.0 Å². The summed E-state index contributed by atoms with van der Waals surface area (Å²) in [5.41, 5.74) is 0.183. The number of rotatable bonds is 4. The van der Waals surface area contributed by atoms with Crippen molar-refractivity contribution in [2.24, 2.45) is 0 Å². The van der Waals surface area contributed by atoms with Gasteiger partial charge >= 0.3 is 6.18 Å². The summed E-state index contributed by atoms with van der Waals surface area (Å²) in [7, 11) is 0. The van der Waals surface area contributed by atoms with E-state index in [1.807, 2.05) is 11.0 Å². The molecule has 1 aliphatic rings. The molecule has 2 aromatic carbocycles. The molecule has 2 heterocycles. The number of carbonyl (C=O) groups is 1. The minimum absolute atomic E-state index is 0.0394. The van der Waals surface area contributed by atoms with Crippen molar-refractivity contribution in [1.82, 2.24) is 14.7 Å². The number of nitrogens with zero attached hydrogens (tertiary/aromatic N) is 4. The number of alkyl halides is 3. The highest BCUT2D eigenvalue weighted by molar-refractivity contribution is 6.33. The fourth-order valence-electron chi connectivity index (χ4n) is 3.74. The van der Waals surface area contributed by atoms with E-state index in [0.29, 0.717) is 43.1 Å². The second kappa shape index (κ2) is 9.27. The Morgan fingerprint density at radius 1 is 1.00 bits per heavy atom. The molecule has 10 heteroatoms. The number of piperazine rings is 1. The first-order valence-electron chi connectivity index (χ1n) is 10.3. The summed E-state index contributed by atoms with van der Waals surface area (Å²) >= 11 is 6.35. The fraction of sp³-hybridized carbons (Fsp3) is 0.261. The number of hydrogen-bond acceptors (Lipinski definition) is 4. The molecular formula is C23H20ClF3N4O2.